The molecular formula is C20H15NO5. The number of benzene rings is 3. The Bertz CT molecular complexity index is 989. The molecule has 1 unspecified atom stereocenters. The molecule has 6 heteroatoms. The number of aliphatic hydroxyl groups is 1. The van der Waals surface area contributed by atoms with E-state index in [1.165, 1.54) is 24.3 Å². The molecule has 0 heterocycles. The van der Waals surface area contributed by atoms with Crippen molar-refractivity contribution in [3.8, 4) is 5.75 Å². The zero-order valence-corrected chi connectivity index (χ0v) is 13.7. The van der Waals surface area contributed by atoms with E-state index in [1.54, 1.807) is 12.1 Å². The Morgan fingerprint density at radius 3 is 2.38 bits per heavy atom. The van der Waals surface area contributed by atoms with Crippen molar-refractivity contribution in [2.75, 3.05) is 0 Å². The predicted molar refractivity (Wildman–Crippen MR) is 96.8 cm³/mol. The molecule has 3 rings (SSSR count). The molecule has 0 saturated carbocycles. The molecule has 6 nitrogen and oxygen atoms in total. The first-order chi connectivity index (χ1) is 12.5. The SMILES string of the molecule is C=C(C(=O)Oc1cccc2ccccc12)C(O)c1ccc([N+](=O)[O-])cc1. The van der Waals surface area contributed by atoms with Gasteiger partial charge < -0.3 is 9.84 Å². The van der Waals surface area contributed by atoms with Gasteiger partial charge in [0.05, 0.1) is 10.5 Å². The van der Waals surface area contributed by atoms with Gasteiger partial charge in [-0.15, -0.1) is 0 Å². The summed E-state index contributed by atoms with van der Waals surface area (Å²) in [5.74, 6) is -0.405. The summed E-state index contributed by atoms with van der Waals surface area (Å²) in [6, 6.07) is 18.0. The molecule has 0 aliphatic carbocycles. The smallest absolute Gasteiger partial charge is 0.341 e. The number of rotatable bonds is 5. The number of hydrogen-bond acceptors (Lipinski definition) is 5. The first kappa shape index (κ1) is 17.3. The van der Waals surface area contributed by atoms with Gasteiger partial charge in [-0.2, -0.15) is 0 Å². The van der Waals surface area contributed by atoms with Gasteiger partial charge in [0.2, 0.25) is 0 Å². The molecule has 0 fully saturated rings. The predicted octanol–water partition coefficient (Wildman–Crippen LogP) is 3.94. The number of nitro groups is 1. The molecule has 0 aliphatic heterocycles. The molecule has 1 atom stereocenters. The minimum absolute atomic E-state index is 0.107. The highest BCUT2D eigenvalue weighted by Crippen LogP contribution is 2.28. The molecule has 0 aromatic heterocycles. The van der Waals surface area contributed by atoms with Gasteiger partial charge in [0.1, 0.15) is 11.9 Å². The van der Waals surface area contributed by atoms with Crippen molar-refractivity contribution in [2.24, 2.45) is 0 Å². The Kier molecular flexibility index (Phi) is 4.77. The van der Waals surface area contributed by atoms with Gasteiger partial charge in [-0.25, -0.2) is 4.79 Å². The average molecular weight is 349 g/mol. The standard InChI is InChI=1S/C20H15NO5/c1-13(19(22)15-9-11-16(12-10-15)21(24)25)20(23)26-18-8-4-6-14-5-2-3-7-17(14)18/h2-12,19,22H,1H2. The zero-order valence-electron chi connectivity index (χ0n) is 13.7. The number of ether oxygens (including phenoxy) is 1. The number of aliphatic hydroxyl groups excluding tert-OH is 1. The van der Waals surface area contributed by atoms with Gasteiger partial charge in [0.15, 0.2) is 0 Å². The van der Waals surface area contributed by atoms with E-state index in [0.29, 0.717) is 11.3 Å². The van der Waals surface area contributed by atoms with E-state index < -0.39 is 17.0 Å². The second-order valence-electron chi connectivity index (χ2n) is 5.64. The molecule has 0 aliphatic rings. The van der Waals surface area contributed by atoms with Crippen molar-refractivity contribution in [1.29, 1.82) is 0 Å². The quantitative estimate of drug-likeness (QED) is 0.248. The third-order valence-corrected chi connectivity index (χ3v) is 3.96. The van der Waals surface area contributed by atoms with Gasteiger partial charge in [-0.05, 0) is 29.1 Å². The Hall–Kier alpha value is -3.51. The van der Waals surface area contributed by atoms with Crippen LogP contribution in [0.3, 0.4) is 0 Å². The summed E-state index contributed by atoms with van der Waals surface area (Å²) >= 11 is 0. The molecule has 0 amide bonds. The van der Waals surface area contributed by atoms with Crippen LogP contribution in [-0.2, 0) is 4.79 Å². The normalized spacial score (nSPS) is 11.7. The van der Waals surface area contributed by atoms with E-state index in [2.05, 4.69) is 6.58 Å². The van der Waals surface area contributed by atoms with Gasteiger partial charge in [-0.1, -0.05) is 43.0 Å². The number of hydrogen-bond donors (Lipinski definition) is 1. The Labute approximate surface area is 149 Å². The summed E-state index contributed by atoms with van der Waals surface area (Å²) in [5.41, 5.74) is 0.0483. The lowest BCUT2D eigenvalue weighted by atomic mass is 10.0. The molecule has 3 aromatic rings. The second kappa shape index (κ2) is 7.16. The number of esters is 1. The van der Waals surface area contributed by atoms with Crippen LogP contribution >= 0.6 is 0 Å². The number of carbonyl (C=O) groups is 1. The highest BCUT2D eigenvalue weighted by Gasteiger charge is 2.21. The summed E-state index contributed by atoms with van der Waals surface area (Å²) < 4.78 is 5.39. The number of fused-ring (bicyclic) bond motifs is 1. The van der Waals surface area contributed by atoms with E-state index in [1.807, 2.05) is 30.3 Å². The fourth-order valence-electron chi connectivity index (χ4n) is 2.54. The fourth-order valence-corrected chi connectivity index (χ4v) is 2.54. The van der Waals surface area contributed by atoms with Crippen molar-refractivity contribution >= 4 is 22.4 Å². The Morgan fingerprint density at radius 1 is 1.04 bits per heavy atom. The minimum atomic E-state index is -1.32. The maximum Gasteiger partial charge on any atom is 0.341 e. The van der Waals surface area contributed by atoms with Crippen molar-refractivity contribution in [2.45, 2.75) is 6.10 Å². The van der Waals surface area contributed by atoms with Crippen molar-refractivity contribution in [3.63, 3.8) is 0 Å². The maximum absolute atomic E-state index is 12.4. The summed E-state index contributed by atoms with van der Waals surface area (Å²) in [4.78, 5) is 22.5. The number of nitrogens with zero attached hydrogens (tertiary/aromatic N) is 1. The molecule has 0 radical (unpaired) electrons. The second-order valence-corrected chi connectivity index (χ2v) is 5.64. The highest BCUT2D eigenvalue weighted by atomic mass is 16.6. The molecule has 1 N–H and O–H groups in total. The highest BCUT2D eigenvalue weighted by molar-refractivity contribution is 5.95. The first-order valence-corrected chi connectivity index (χ1v) is 7.78. The van der Waals surface area contributed by atoms with Crippen LogP contribution in [0, 0.1) is 10.1 Å². The van der Waals surface area contributed by atoms with Crippen LogP contribution in [-0.4, -0.2) is 16.0 Å². The zero-order chi connectivity index (χ0) is 18.7. The van der Waals surface area contributed by atoms with Crippen LogP contribution < -0.4 is 4.74 Å². The lowest BCUT2D eigenvalue weighted by Crippen LogP contribution is -2.16. The third-order valence-electron chi connectivity index (χ3n) is 3.96. The first-order valence-electron chi connectivity index (χ1n) is 7.78. The van der Waals surface area contributed by atoms with E-state index in [4.69, 9.17) is 4.74 Å². The topological polar surface area (TPSA) is 89.7 Å². The third kappa shape index (κ3) is 3.45. The van der Waals surface area contributed by atoms with Crippen LogP contribution in [0.1, 0.15) is 11.7 Å². The number of carbonyl (C=O) groups excluding carboxylic acids is 1. The molecule has 0 saturated heterocycles. The number of non-ortho nitro benzene ring substituents is 1. The van der Waals surface area contributed by atoms with Crippen LogP contribution in [0.15, 0.2) is 78.9 Å². The maximum atomic E-state index is 12.4. The van der Waals surface area contributed by atoms with E-state index in [0.717, 1.165) is 10.8 Å². The Balaban J connectivity index is 1.78. The minimum Gasteiger partial charge on any atom is -0.422 e. The lowest BCUT2D eigenvalue weighted by molar-refractivity contribution is -0.384. The van der Waals surface area contributed by atoms with E-state index >= 15 is 0 Å². The van der Waals surface area contributed by atoms with Crippen molar-refractivity contribution in [1.82, 2.24) is 0 Å². The van der Waals surface area contributed by atoms with Gasteiger partial charge >= 0.3 is 5.97 Å². The van der Waals surface area contributed by atoms with Crippen LogP contribution in [0.5, 0.6) is 5.75 Å². The van der Waals surface area contributed by atoms with Crippen molar-refractivity contribution in [3.05, 3.63) is 94.6 Å². The monoisotopic (exact) mass is 349 g/mol. The fraction of sp³-hybridized carbons (Fsp3) is 0.0500. The molecular weight excluding hydrogens is 334 g/mol. The van der Waals surface area contributed by atoms with Gasteiger partial charge in [0, 0.05) is 17.5 Å². The molecule has 0 spiro atoms. The molecule has 26 heavy (non-hydrogen) atoms. The largest absolute Gasteiger partial charge is 0.422 e. The summed E-state index contributed by atoms with van der Waals surface area (Å²) in [5, 5.41) is 22.7. The number of nitro benzene ring substituents is 1. The lowest BCUT2D eigenvalue weighted by Gasteiger charge is -2.14. The van der Waals surface area contributed by atoms with E-state index in [9.17, 15) is 20.0 Å². The van der Waals surface area contributed by atoms with Gasteiger partial charge in [0.25, 0.3) is 5.69 Å². The molecule has 0 bridgehead atoms. The average Bonchev–Trinajstić information content (AvgIpc) is 2.67. The molecule has 130 valence electrons. The summed E-state index contributed by atoms with van der Waals surface area (Å²) in [7, 11) is 0. The van der Waals surface area contributed by atoms with Crippen LogP contribution in [0.2, 0.25) is 0 Å². The van der Waals surface area contributed by atoms with Crippen molar-refractivity contribution < 1.29 is 19.6 Å². The summed E-state index contributed by atoms with van der Waals surface area (Å²) in [6.45, 7) is 3.61. The Morgan fingerprint density at radius 2 is 1.69 bits per heavy atom. The van der Waals surface area contributed by atoms with Crippen LogP contribution in [0.25, 0.3) is 10.8 Å². The van der Waals surface area contributed by atoms with E-state index in [-0.39, 0.29) is 11.3 Å². The summed E-state index contributed by atoms with van der Waals surface area (Å²) in [6.07, 6.45) is -1.32. The van der Waals surface area contributed by atoms with Gasteiger partial charge in [-0.3, -0.25) is 10.1 Å². The van der Waals surface area contributed by atoms with Crippen LogP contribution in [0.4, 0.5) is 5.69 Å². The molecule has 3 aromatic carbocycles.